The second-order valence-corrected chi connectivity index (χ2v) is 7.73. The first-order valence-corrected chi connectivity index (χ1v) is 11.2. The number of nitrogens with zero attached hydrogens (tertiary/aromatic N) is 2. The summed E-state index contributed by atoms with van der Waals surface area (Å²) < 4.78 is 6.54. The maximum absolute atomic E-state index is 6.54. The maximum Gasteiger partial charge on any atom is 0.133 e. The Morgan fingerprint density at radius 1 is 0.633 bits per heavy atom. The lowest BCUT2D eigenvalue weighted by molar-refractivity contribution is 0.453. The highest BCUT2D eigenvalue weighted by Crippen LogP contribution is 2.49. The van der Waals surface area contributed by atoms with Gasteiger partial charge in [-0.15, -0.1) is 0 Å². The van der Waals surface area contributed by atoms with E-state index in [4.69, 9.17) is 4.74 Å². The van der Waals surface area contributed by atoms with Crippen molar-refractivity contribution in [3.05, 3.63) is 83.4 Å². The normalized spacial score (nSPS) is 12.7. The first-order chi connectivity index (χ1) is 14.7. The molecule has 3 heteroatoms. The highest BCUT2D eigenvalue weighted by molar-refractivity contribution is 5.66. The van der Waals surface area contributed by atoms with E-state index in [0.717, 1.165) is 37.7 Å². The molecule has 0 aliphatic carbocycles. The van der Waals surface area contributed by atoms with Gasteiger partial charge in [0.1, 0.15) is 11.5 Å². The summed E-state index contributed by atoms with van der Waals surface area (Å²) in [6.07, 6.45) is 0. The number of fused-ring (bicyclic) bond motifs is 2. The van der Waals surface area contributed by atoms with Crippen molar-refractivity contribution in [3.8, 4) is 11.5 Å². The third kappa shape index (κ3) is 3.65. The summed E-state index contributed by atoms with van der Waals surface area (Å²) >= 11 is 0. The second kappa shape index (κ2) is 8.83. The third-order valence-corrected chi connectivity index (χ3v) is 6.23. The molecule has 0 amide bonds. The molecule has 0 radical (unpaired) electrons. The third-order valence-electron chi connectivity index (χ3n) is 6.23. The van der Waals surface area contributed by atoms with Crippen LogP contribution in [-0.4, -0.2) is 26.2 Å². The van der Waals surface area contributed by atoms with Crippen LogP contribution in [0.25, 0.3) is 0 Å². The molecule has 0 bridgehead atoms. The molecule has 0 N–H and O–H groups in total. The van der Waals surface area contributed by atoms with Crippen LogP contribution in [0.2, 0.25) is 0 Å². The van der Waals surface area contributed by atoms with Gasteiger partial charge in [0.05, 0.1) is 0 Å². The van der Waals surface area contributed by atoms with Gasteiger partial charge in [0.15, 0.2) is 0 Å². The maximum atomic E-state index is 6.54. The summed E-state index contributed by atoms with van der Waals surface area (Å²) in [5.74, 6) is 2.12. The van der Waals surface area contributed by atoms with Crippen LogP contribution in [0.4, 0.5) is 11.4 Å². The van der Waals surface area contributed by atoms with Crippen molar-refractivity contribution >= 4 is 11.4 Å². The van der Waals surface area contributed by atoms with E-state index in [1.54, 1.807) is 0 Å². The predicted molar refractivity (Wildman–Crippen MR) is 127 cm³/mol. The number of hydrogen-bond donors (Lipinski definition) is 0. The van der Waals surface area contributed by atoms with Gasteiger partial charge in [0.25, 0.3) is 0 Å². The van der Waals surface area contributed by atoms with Crippen molar-refractivity contribution in [2.24, 2.45) is 0 Å². The Balaban J connectivity index is 1.85. The van der Waals surface area contributed by atoms with Gasteiger partial charge in [-0.25, -0.2) is 0 Å². The summed E-state index contributed by atoms with van der Waals surface area (Å²) in [5.41, 5.74) is 6.21. The molecule has 3 aromatic rings. The first-order valence-electron chi connectivity index (χ1n) is 11.2. The van der Waals surface area contributed by atoms with Crippen LogP contribution in [0, 0.1) is 0 Å². The van der Waals surface area contributed by atoms with Crippen molar-refractivity contribution < 1.29 is 4.74 Å². The fraction of sp³-hybridized carbons (Fsp3) is 0.333. The number of rotatable bonds is 7. The smallest absolute Gasteiger partial charge is 0.133 e. The molecule has 1 aliphatic heterocycles. The van der Waals surface area contributed by atoms with E-state index in [0.29, 0.717) is 0 Å². The topological polar surface area (TPSA) is 15.7 Å². The standard InChI is InChI=1S/C27H32N2O/c1-5-28(6-2)21-14-16-23-25(18-21)30-26-19-22(29(7-3)8-4)15-17-24(26)27(23)20-12-10-9-11-13-20/h9-19,27H,5-8H2,1-4H3. The van der Waals surface area contributed by atoms with Crippen LogP contribution < -0.4 is 14.5 Å². The minimum absolute atomic E-state index is 0.182. The van der Waals surface area contributed by atoms with Crippen molar-refractivity contribution in [1.29, 1.82) is 0 Å². The van der Waals surface area contributed by atoms with Gasteiger partial charge in [-0.05, 0) is 45.4 Å². The molecule has 3 aromatic carbocycles. The molecule has 0 atom stereocenters. The Morgan fingerprint density at radius 3 is 1.53 bits per heavy atom. The molecule has 0 fully saturated rings. The van der Waals surface area contributed by atoms with E-state index >= 15 is 0 Å². The fourth-order valence-electron chi connectivity index (χ4n) is 4.56. The van der Waals surface area contributed by atoms with Gasteiger partial charge in [-0.1, -0.05) is 42.5 Å². The lowest BCUT2D eigenvalue weighted by atomic mass is 9.82. The minimum atomic E-state index is 0.182. The highest BCUT2D eigenvalue weighted by Gasteiger charge is 2.29. The quantitative estimate of drug-likeness (QED) is 0.345. The lowest BCUT2D eigenvalue weighted by Crippen LogP contribution is -2.23. The number of anilines is 2. The zero-order valence-electron chi connectivity index (χ0n) is 18.6. The zero-order valence-corrected chi connectivity index (χ0v) is 18.6. The van der Waals surface area contributed by atoms with Gasteiger partial charge < -0.3 is 14.5 Å². The number of hydrogen-bond acceptors (Lipinski definition) is 3. The molecular formula is C27H32N2O. The van der Waals surface area contributed by atoms with Crippen LogP contribution in [0.3, 0.4) is 0 Å². The van der Waals surface area contributed by atoms with E-state index in [-0.39, 0.29) is 5.92 Å². The van der Waals surface area contributed by atoms with E-state index in [2.05, 4.69) is 104 Å². The first kappa shape index (κ1) is 20.3. The van der Waals surface area contributed by atoms with Crippen LogP contribution in [0.5, 0.6) is 11.5 Å². The average Bonchev–Trinajstić information content (AvgIpc) is 2.79. The molecule has 4 rings (SSSR count). The van der Waals surface area contributed by atoms with Crippen LogP contribution in [0.15, 0.2) is 66.7 Å². The predicted octanol–water partition coefficient (Wildman–Crippen LogP) is 6.66. The largest absolute Gasteiger partial charge is 0.457 e. The SMILES string of the molecule is CCN(CC)c1ccc2c(c1)Oc1cc(N(CC)CC)ccc1C2c1ccccc1. The summed E-state index contributed by atoms with van der Waals surface area (Å²) in [6, 6.07) is 24.2. The van der Waals surface area contributed by atoms with Crippen LogP contribution in [-0.2, 0) is 0 Å². The summed E-state index contributed by atoms with van der Waals surface area (Å²) in [6.45, 7) is 12.7. The van der Waals surface area contributed by atoms with Crippen molar-refractivity contribution in [2.75, 3.05) is 36.0 Å². The molecule has 0 spiro atoms. The Hall–Kier alpha value is -2.94. The molecule has 0 saturated heterocycles. The molecule has 0 unspecified atom stereocenters. The molecule has 0 saturated carbocycles. The van der Waals surface area contributed by atoms with Gasteiger partial charge in [-0.3, -0.25) is 0 Å². The summed E-state index contributed by atoms with van der Waals surface area (Å²) in [4.78, 5) is 4.73. The van der Waals surface area contributed by atoms with Gasteiger partial charge in [-0.2, -0.15) is 0 Å². The van der Waals surface area contributed by atoms with E-state index in [9.17, 15) is 0 Å². The van der Waals surface area contributed by atoms with E-state index in [1.165, 1.54) is 28.1 Å². The summed E-state index contributed by atoms with van der Waals surface area (Å²) in [5, 5.41) is 0. The Kier molecular flexibility index (Phi) is 5.98. The highest BCUT2D eigenvalue weighted by atomic mass is 16.5. The average molecular weight is 401 g/mol. The summed E-state index contributed by atoms with van der Waals surface area (Å²) in [7, 11) is 0. The van der Waals surface area contributed by atoms with Crippen molar-refractivity contribution in [1.82, 2.24) is 0 Å². The van der Waals surface area contributed by atoms with Gasteiger partial charge >= 0.3 is 0 Å². The Labute approximate surface area is 180 Å². The molecule has 1 aliphatic rings. The molecule has 1 heterocycles. The second-order valence-electron chi connectivity index (χ2n) is 7.73. The van der Waals surface area contributed by atoms with E-state index in [1.807, 2.05) is 0 Å². The molecule has 156 valence electrons. The van der Waals surface area contributed by atoms with Gasteiger partial charge in [0, 0.05) is 66.7 Å². The number of ether oxygens (including phenoxy) is 1. The zero-order chi connectivity index (χ0) is 21.1. The molecule has 0 aromatic heterocycles. The monoisotopic (exact) mass is 400 g/mol. The molecule has 30 heavy (non-hydrogen) atoms. The van der Waals surface area contributed by atoms with Crippen molar-refractivity contribution in [3.63, 3.8) is 0 Å². The van der Waals surface area contributed by atoms with E-state index < -0.39 is 0 Å². The molecular weight excluding hydrogens is 368 g/mol. The fourth-order valence-corrected chi connectivity index (χ4v) is 4.56. The lowest BCUT2D eigenvalue weighted by Gasteiger charge is -2.32. The van der Waals surface area contributed by atoms with Crippen LogP contribution >= 0.6 is 0 Å². The van der Waals surface area contributed by atoms with Crippen molar-refractivity contribution in [2.45, 2.75) is 33.6 Å². The Morgan fingerprint density at radius 2 is 1.10 bits per heavy atom. The van der Waals surface area contributed by atoms with Gasteiger partial charge in [0.2, 0.25) is 0 Å². The Bertz CT molecular complexity index is 929. The minimum Gasteiger partial charge on any atom is -0.457 e. The number of benzene rings is 3. The van der Waals surface area contributed by atoms with Crippen LogP contribution in [0.1, 0.15) is 50.3 Å². The molecule has 3 nitrogen and oxygen atoms in total.